The van der Waals surface area contributed by atoms with Gasteiger partial charge < -0.3 is 10.4 Å². The lowest BCUT2D eigenvalue weighted by atomic mass is 9.97. The Balaban J connectivity index is 1.49. The number of allylic oxidation sites excluding steroid dienone is 1. The van der Waals surface area contributed by atoms with Gasteiger partial charge in [0.15, 0.2) is 0 Å². The number of rotatable bonds is 6. The Morgan fingerprint density at radius 3 is 2.83 bits per heavy atom. The molecule has 0 aromatic heterocycles. The van der Waals surface area contributed by atoms with Gasteiger partial charge in [-0.2, -0.15) is 0 Å². The predicted octanol–water partition coefficient (Wildman–Crippen LogP) is 2.63. The van der Waals surface area contributed by atoms with E-state index < -0.39 is 0 Å². The van der Waals surface area contributed by atoms with Gasteiger partial charge in [-0.3, -0.25) is 9.69 Å². The van der Waals surface area contributed by atoms with Gasteiger partial charge in [0.2, 0.25) is 5.91 Å². The highest BCUT2D eigenvalue weighted by Crippen LogP contribution is 2.21. The minimum atomic E-state index is -0.295. The summed E-state index contributed by atoms with van der Waals surface area (Å²) in [5.74, 6) is 0.115. The van der Waals surface area contributed by atoms with E-state index in [1.54, 1.807) is 0 Å². The van der Waals surface area contributed by atoms with Crippen LogP contribution in [-0.2, 0) is 11.3 Å². The molecule has 0 bridgehead atoms. The first-order chi connectivity index (χ1) is 11.7. The standard InChI is InChI=1S/C20H28N2O2/c23-19-12-18(22(15-19)14-17-9-5-2-6-10-17)13-21-20(24)11-16-7-3-1-4-8-16/h2,5-7,9-10,18-19,23H,1,3-4,8,11-15H2,(H,21,24). The summed E-state index contributed by atoms with van der Waals surface area (Å²) in [5, 5.41) is 13.1. The van der Waals surface area contributed by atoms with Crippen molar-refractivity contribution < 1.29 is 9.90 Å². The van der Waals surface area contributed by atoms with E-state index in [1.165, 1.54) is 24.0 Å². The predicted molar refractivity (Wildman–Crippen MR) is 95.4 cm³/mol. The molecule has 1 aliphatic carbocycles. The van der Waals surface area contributed by atoms with E-state index in [4.69, 9.17) is 0 Å². The Labute approximate surface area is 144 Å². The summed E-state index contributed by atoms with van der Waals surface area (Å²) in [6.07, 6.45) is 7.83. The molecule has 2 N–H and O–H groups in total. The van der Waals surface area contributed by atoms with Crippen LogP contribution in [0.4, 0.5) is 0 Å². The largest absolute Gasteiger partial charge is 0.392 e. The van der Waals surface area contributed by atoms with Crippen molar-refractivity contribution in [1.29, 1.82) is 0 Å². The summed E-state index contributed by atoms with van der Waals surface area (Å²) in [6.45, 7) is 2.13. The molecule has 1 aromatic rings. The number of aliphatic hydroxyl groups is 1. The number of nitrogens with one attached hydrogen (secondary N) is 1. The van der Waals surface area contributed by atoms with Gasteiger partial charge in [-0.1, -0.05) is 42.0 Å². The molecule has 4 nitrogen and oxygen atoms in total. The van der Waals surface area contributed by atoms with Gasteiger partial charge in [-0.05, 0) is 37.7 Å². The molecule has 2 unspecified atom stereocenters. The van der Waals surface area contributed by atoms with Crippen LogP contribution in [-0.4, -0.2) is 41.1 Å². The Morgan fingerprint density at radius 2 is 2.08 bits per heavy atom. The molecule has 3 rings (SSSR count). The van der Waals surface area contributed by atoms with Crippen molar-refractivity contribution in [3.8, 4) is 0 Å². The molecular formula is C20H28N2O2. The van der Waals surface area contributed by atoms with Crippen LogP contribution in [0.5, 0.6) is 0 Å². The number of likely N-dealkylation sites (tertiary alicyclic amines) is 1. The molecule has 1 saturated heterocycles. The maximum Gasteiger partial charge on any atom is 0.224 e. The number of amides is 1. The first kappa shape index (κ1) is 17.2. The van der Waals surface area contributed by atoms with Crippen LogP contribution >= 0.6 is 0 Å². The molecule has 1 fully saturated rings. The van der Waals surface area contributed by atoms with Crippen LogP contribution in [0, 0.1) is 0 Å². The van der Waals surface area contributed by atoms with Crippen LogP contribution in [0.3, 0.4) is 0 Å². The van der Waals surface area contributed by atoms with Crippen LogP contribution < -0.4 is 5.32 Å². The van der Waals surface area contributed by atoms with E-state index >= 15 is 0 Å². The highest BCUT2D eigenvalue weighted by atomic mass is 16.3. The van der Waals surface area contributed by atoms with Crippen molar-refractivity contribution in [3.63, 3.8) is 0 Å². The summed E-state index contributed by atoms with van der Waals surface area (Å²) >= 11 is 0. The summed E-state index contributed by atoms with van der Waals surface area (Å²) in [5.41, 5.74) is 2.53. The Morgan fingerprint density at radius 1 is 1.25 bits per heavy atom. The number of aliphatic hydroxyl groups excluding tert-OH is 1. The smallest absolute Gasteiger partial charge is 0.224 e. The summed E-state index contributed by atoms with van der Waals surface area (Å²) < 4.78 is 0. The van der Waals surface area contributed by atoms with Crippen molar-refractivity contribution in [3.05, 3.63) is 47.5 Å². The Bertz CT molecular complexity index is 570. The van der Waals surface area contributed by atoms with Gasteiger partial charge in [0, 0.05) is 32.1 Å². The number of nitrogens with zero attached hydrogens (tertiary/aromatic N) is 1. The topological polar surface area (TPSA) is 52.6 Å². The highest BCUT2D eigenvalue weighted by molar-refractivity contribution is 5.78. The van der Waals surface area contributed by atoms with Gasteiger partial charge in [0.05, 0.1) is 6.10 Å². The van der Waals surface area contributed by atoms with Crippen molar-refractivity contribution in [2.45, 2.75) is 57.2 Å². The second-order valence-electron chi connectivity index (χ2n) is 7.05. The second kappa shape index (κ2) is 8.45. The molecule has 1 aromatic carbocycles. The maximum absolute atomic E-state index is 12.2. The lowest BCUT2D eigenvalue weighted by molar-refractivity contribution is -0.120. The molecule has 2 aliphatic rings. The number of hydrogen-bond acceptors (Lipinski definition) is 3. The zero-order valence-corrected chi connectivity index (χ0v) is 14.3. The fourth-order valence-electron chi connectivity index (χ4n) is 3.75. The number of β-amino-alcohol motifs (C(OH)–C–C–N with tert-alkyl or cyclic N) is 1. The van der Waals surface area contributed by atoms with Crippen molar-refractivity contribution in [2.75, 3.05) is 13.1 Å². The number of benzene rings is 1. The molecule has 24 heavy (non-hydrogen) atoms. The molecule has 130 valence electrons. The summed E-state index contributed by atoms with van der Waals surface area (Å²) in [6, 6.07) is 10.5. The van der Waals surface area contributed by atoms with E-state index in [0.717, 1.165) is 25.8 Å². The fraction of sp³-hybridized carbons (Fsp3) is 0.550. The molecule has 1 heterocycles. The van der Waals surface area contributed by atoms with Crippen molar-refractivity contribution >= 4 is 5.91 Å². The van der Waals surface area contributed by atoms with Crippen molar-refractivity contribution in [2.24, 2.45) is 0 Å². The SMILES string of the molecule is O=C(CC1=CCCCC1)NCC1CC(O)CN1Cc1ccccc1. The Kier molecular flexibility index (Phi) is 6.05. The molecule has 2 atom stereocenters. The monoisotopic (exact) mass is 328 g/mol. The molecule has 0 radical (unpaired) electrons. The van der Waals surface area contributed by atoms with Crippen LogP contribution in [0.15, 0.2) is 42.0 Å². The summed E-state index contributed by atoms with van der Waals surface area (Å²) in [7, 11) is 0. The van der Waals surface area contributed by atoms with Crippen LogP contribution in [0.1, 0.15) is 44.1 Å². The van der Waals surface area contributed by atoms with Crippen molar-refractivity contribution in [1.82, 2.24) is 10.2 Å². The first-order valence-electron chi connectivity index (χ1n) is 9.11. The van der Waals surface area contributed by atoms with Crippen LogP contribution in [0.2, 0.25) is 0 Å². The molecule has 0 saturated carbocycles. The van der Waals surface area contributed by atoms with E-state index in [9.17, 15) is 9.90 Å². The van der Waals surface area contributed by atoms with Gasteiger partial charge in [-0.15, -0.1) is 0 Å². The zero-order valence-electron chi connectivity index (χ0n) is 14.3. The minimum absolute atomic E-state index is 0.115. The van der Waals surface area contributed by atoms with Gasteiger partial charge >= 0.3 is 0 Å². The Hall–Kier alpha value is -1.65. The fourth-order valence-corrected chi connectivity index (χ4v) is 3.75. The average Bonchev–Trinajstić information content (AvgIpc) is 2.94. The third-order valence-electron chi connectivity index (χ3n) is 5.04. The number of carbonyl (C=O) groups excluding carboxylic acids is 1. The average molecular weight is 328 g/mol. The number of carbonyl (C=O) groups is 1. The van der Waals surface area contributed by atoms with E-state index in [1.807, 2.05) is 18.2 Å². The molecule has 1 amide bonds. The van der Waals surface area contributed by atoms with E-state index in [2.05, 4.69) is 28.4 Å². The quantitative estimate of drug-likeness (QED) is 0.789. The van der Waals surface area contributed by atoms with Gasteiger partial charge in [0.25, 0.3) is 0 Å². The highest BCUT2D eigenvalue weighted by Gasteiger charge is 2.30. The first-order valence-corrected chi connectivity index (χ1v) is 9.11. The zero-order chi connectivity index (χ0) is 16.8. The normalized spacial score (nSPS) is 24.6. The second-order valence-corrected chi connectivity index (χ2v) is 7.05. The third kappa shape index (κ3) is 4.92. The van der Waals surface area contributed by atoms with E-state index in [0.29, 0.717) is 19.5 Å². The molecular weight excluding hydrogens is 300 g/mol. The lowest BCUT2D eigenvalue weighted by Crippen LogP contribution is -2.39. The molecule has 4 heteroatoms. The lowest BCUT2D eigenvalue weighted by Gasteiger charge is -2.24. The van der Waals surface area contributed by atoms with Crippen LogP contribution in [0.25, 0.3) is 0 Å². The van der Waals surface area contributed by atoms with Gasteiger partial charge in [0.1, 0.15) is 0 Å². The summed E-state index contributed by atoms with van der Waals surface area (Å²) in [4.78, 5) is 14.5. The molecule has 1 aliphatic heterocycles. The maximum atomic E-state index is 12.2. The molecule has 0 spiro atoms. The third-order valence-corrected chi connectivity index (χ3v) is 5.04. The van der Waals surface area contributed by atoms with Gasteiger partial charge in [-0.25, -0.2) is 0 Å². The van der Waals surface area contributed by atoms with E-state index in [-0.39, 0.29) is 18.1 Å². The minimum Gasteiger partial charge on any atom is -0.392 e. The number of hydrogen-bond donors (Lipinski definition) is 2.